The molecule has 8 nitrogen and oxygen atoms in total. The normalized spacial score (nSPS) is 19.7. The van der Waals surface area contributed by atoms with Crippen molar-refractivity contribution in [3.63, 3.8) is 0 Å². The Hall–Kier alpha value is -3.39. The lowest BCUT2D eigenvalue weighted by Gasteiger charge is -2.21. The summed E-state index contributed by atoms with van der Waals surface area (Å²) in [6.07, 6.45) is 0.810. The van der Waals surface area contributed by atoms with Gasteiger partial charge in [0, 0.05) is 25.5 Å². The molecule has 4 rings (SSSR count). The van der Waals surface area contributed by atoms with Crippen molar-refractivity contribution in [1.82, 2.24) is 10.6 Å². The summed E-state index contributed by atoms with van der Waals surface area (Å²) >= 11 is 0. The van der Waals surface area contributed by atoms with Gasteiger partial charge in [0.05, 0.1) is 6.54 Å². The van der Waals surface area contributed by atoms with Crippen LogP contribution in [0.25, 0.3) is 11.1 Å². The fourth-order valence-corrected chi connectivity index (χ4v) is 5.09. The van der Waals surface area contributed by atoms with Crippen molar-refractivity contribution >= 4 is 18.0 Å². The molecular formula is C26H30N2O6. The second-order valence-corrected chi connectivity index (χ2v) is 8.81. The van der Waals surface area contributed by atoms with Crippen LogP contribution >= 0.6 is 0 Å². The highest BCUT2D eigenvalue weighted by atomic mass is 16.5. The van der Waals surface area contributed by atoms with E-state index in [0.717, 1.165) is 24.0 Å². The number of nitrogens with one attached hydrogen (secondary N) is 2. The van der Waals surface area contributed by atoms with Crippen LogP contribution in [-0.2, 0) is 19.1 Å². The molecule has 0 spiro atoms. The summed E-state index contributed by atoms with van der Waals surface area (Å²) < 4.78 is 10.4. The zero-order valence-electron chi connectivity index (χ0n) is 19.2. The highest BCUT2D eigenvalue weighted by Gasteiger charge is 2.34. The van der Waals surface area contributed by atoms with E-state index in [4.69, 9.17) is 14.6 Å². The molecule has 0 saturated heterocycles. The number of rotatable bonds is 9. The maximum absolute atomic E-state index is 12.6. The lowest BCUT2D eigenvalue weighted by atomic mass is 9.95. The minimum atomic E-state index is -1.12. The molecule has 3 atom stereocenters. The molecule has 2 aromatic rings. The van der Waals surface area contributed by atoms with Crippen molar-refractivity contribution in [2.75, 3.05) is 26.8 Å². The van der Waals surface area contributed by atoms with E-state index in [1.54, 1.807) is 0 Å². The van der Waals surface area contributed by atoms with Gasteiger partial charge in [-0.25, -0.2) is 9.59 Å². The summed E-state index contributed by atoms with van der Waals surface area (Å²) in [4.78, 5) is 36.1. The predicted molar refractivity (Wildman–Crippen MR) is 125 cm³/mol. The molecule has 34 heavy (non-hydrogen) atoms. The summed E-state index contributed by atoms with van der Waals surface area (Å²) in [7, 11) is 1.29. The van der Waals surface area contributed by atoms with E-state index < -0.39 is 18.2 Å². The van der Waals surface area contributed by atoms with Gasteiger partial charge in [0.2, 0.25) is 5.91 Å². The Labute approximate surface area is 198 Å². The summed E-state index contributed by atoms with van der Waals surface area (Å²) in [5, 5.41) is 14.5. The first-order chi connectivity index (χ1) is 16.5. The molecule has 2 amide bonds. The van der Waals surface area contributed by atoms with Crippen molar-refractivity contribution in [3.8, 4) is 11.1 Å². The number of ether oxygens (including phenoxy) is 2. The van der Waals surface area contributed by atoms with Crippen LogP contribution in [0.3, 0.4) is 0 Å². The second kappa shape index (κ2) is 10.7. The molecule has 1 fully saturated rings. The molecule has 0 aromatic heterocycles. The quantitative estimate of drug-likeness (QED) is 0.523. The Morgan fingerprint density at radius 2 is 1.65 bits per heavy atom. The molecule has 8 heteroatoms. The number of fused-ring (bicyclic) bond motifs is 3. The Balaban J connectivity index is 1.28. The molecule has 0 aliphatic heterocycles. The fraction of sp³-hybridized carbons (Fsp3) is 0.423. The first kappa shape index (κ1) is 23.8. The van der Waals surface area contributed by atoms with Gasteiger partial charge in [-0.3, -0.25) is 4.79 Å². The van der Waals surface area contributed by atoms with Gasteiger partial charge < -0.3 is 25.2 Å². The number of carbonyl (C=O) groups is 3. The van der Waals surface area contributed by atoms with E-state index in [1.165, 1.54) is 18.2 Å². The smallest absolute Gasteiger partial charge is 0.407 e. The maximum atomic E-state index is 12.6. The zero-order valence-corrected chi connectivity index (χ0v) is 19.2. The van der Waals surface area contributed by atoms with Gasteiger partial charge in [-0.1, -0.05) is 55.0 Å². The number of benzene rings is 2. The van der Waals surface area contributed by atoms with Gasteiger partial charge in [0.25, 0.3) is 0 Å². The number of hydrogen-bond acceptors (Lipinski definition) is 5. The second-order valence-electron chi connectivity index (χ2n) is 8.81. The third kappa shape index (κ3) is 5.07. The summed E-state index contributed by atoms with van der Waals surface area (Å²) in [5.74, 6) is -1.64. The Bertz CT molecular complexity index is 1010. The number of alkyl carbamates (subject to hydrolysis) is 1. The SMILES string of the molecule is COC(CNC(=O)C1CCCC1CNC(=O)OCC1c2ccccc2-c2ccccc21)C(=O)O. The molecule has 2 aliphatic rings. The van der Waals surface area contributed by atoms with Crippen LogP contribution in [0.2, 0.25) is 0 Å². The van der Waals surface area contributed by atoms with Crippen molar-refractivity contribution in [3.05, 3.63) is 59.7 Å². The molecule has 3 unspecified atom stereocenters. The molecule has 1 saturated carbocycles. The van der Waals surface area contributed by atoms with Crippen LogP contribution in [0, 0.1) is 11.8 Å². The summed E-state index contributed by atoms with van der Waals surface area (Å²) in [6.45, 7) is 0.483. The van der Waals surface area contributed by atoms with Crippen LogP contribution in [0.15, 0.2) is 48.5 Å². The van der Waals surface area contributed by atoms with Crippen LogP contribution < -0.4 is 10.6 Å². The number of carbonyl (C=O) groups excluding carboxylic acids is 2. The molecule has 0 heterocycles. The minimum absolute atomic E-state index is 0.00822. The third-order valence-electron chi connectivity index (χ3n) is 6.87. The average Bonchev–Trinajstić information content (AvgIpc) is 3.44. The minimum Gasteiger partial charge on any atom is -0.479 e. The summed E-state index contributed by atoms with van der Waals surface area (Å²) in [6, 6.07) is 16.3. The van der Waals surface area contributed by atoms with E-state index in [0.29, 0.717) is 13.0 Å². The van der Waals surface area contributed by atoms with Crippen molar-refractivity contribution in [2.45, 2.75) is 31.3 Å². The van der Waals surface area contributed by atoms with Gasteiger partial charge in [-0.15, -0.1) is 0 Å². The van der Waals surface area contributed by atoms with Gasteiger partial charge in [-0.05, 0) is 41.0 Å². The Kier molecular flexibility index (Phi) is 7.47. The van der Waals surface area contributed by atoms with Gasteiger partial charge in [-0.2, -0.15) is 0 Å². The molecule has 2 aliphatic carbocycles. The topological polar surface area (TPSA) is 114 Å². The van der Waals surface area contributed by atoms with Crippen molar-refractivity contribution < 1.29 is 29.0 Å². The number of carboxylic acids is 1. The highest BCUT2D eigenvalue weighted by molar-refractivity contribution is 5.81. The van der Waals surface area contributed by atoms with E-state index in [1.807, 2.05) is 24.3 Å². The van der Waals surface area contributed by atoms with Crippen molar-refractivity contribution in [2.24, 2.45) is 11.8 Å². The number of hydrogen-bond donors (Lipinski definition) is 3. The standard InChI is InChI=1S/C26H30N2O6/c1-33-23(25(30)31)14-27-24(29)17-12-6-7-16(17)13-28-26(32)34-15-22-20-10-4-2-8-18(20)19-9-3-5-11-21(19)22/h2-5,8-11,16-17,22-23H,6-7,12-15H2,1H3,(H,27,29)(H,28,32)(H,30,31). The predicted octanol–water partition coefficient (Wildman–Crippen LogP) is 3.16. The highest BCUT2D eigenvalue weighted by Crippen LogP contribution is 2.44. The molecule has 0 bridgehead atoms. The molecule has 0 radical (unpaired) electrons. The van der Waals surface area contributed by atoms with Crippen LogP contribution in [0.1, 0.15) is 36.3 Å². The fourth-order valence-electron chi connectivity index (χ4n) is 5.09. The van der Waals surface area contributed by atoms with Gasteiger partial charge in [0.1, 0.15) is 6.61 Å². The number of aliphatic carboxylic acids is 1. The van der Waals surface area contributed by atoms with Crippen LogP contribution in [0.5, 0.6) is 0 Å². The van der Waals surface area contributed by atoms with Crippen LogP contribution in [-0.4, -0.2) is 56.0 Å². The molecular weight excluding hydrogens is 436 g/mol. The first-order valence-corrected chi connectivity index (χ1v) is 11.6. The molecule has 2 aromatic carbocycles. The van der Waals surface area contributed by atoms with Gasteiger partial charge >= 0.3 is 12.1 Å². The van der Waals surface area contributed by atoms with E-state index in [9.17, 15) is 14.4 Å². The van der Waals surface area contributed by atoms with E-state index in [-0.39, 0.29) is 36.8 Å². The lowest BCUT2D eigenvalue weighted by molar-refractivity contribution is -0.148. The van der Waals surface area contributed by atoms with E-state index in [2.05, 4.69) is 34.9 Å². The third-order valence-corrected chi connectivity index (χ3v) is 6.87. The van der Waals surface area contributed by atoms with E-state index >= 15 is 0 Å². The van der Waals surface area contributed by atoms with Crippen LogP contribution in [0.4, 0.5) is 4.79 Å². The average molecular weight is 467 g/mol. The lowest BCUT2D eigenvalue weighted by Crippen LogP contribution is -2.42. The van der Waals surface area contributed by atoms with Crippen molar-refractivity contribution in [1.29, 1.82) is 0 Å². The zero-order chi connectivity index (χ0) is 24.1. The largest absolute Gasteiger partial charge is 0.479 e. The Morgan fingerprint density at radius 1 is 1.00 bits per heavy atom. The Morgan fingerprint density at radius 3 is 2.26 bits per heavy atom. The van der Waals surface area contributed by atoms with Gasteiger partial charge in [0.15, 0.2) is 6.10 Å². The number of amides is 2. The number of methoxy groups -OCH3 is 1. The molecule has 3 N–H and O–H groups in total. The maximum Gasteiger partial charge on any atom is 0.407 e. The first-order valence-electron chi connectivity index (χ1n) is 11.6. The number of carboxylic acid groups (broad SMARTS) is 1. The monoisotopic (exact) mass is 466 g/mol. The molecule has 180 valence electrons. The summed E-state index contributed by atoms with van der Waals surface area (Å²) in [5.41, 5.74) is 4.65.